The van der Waals surface area contributed by atoms with Crippen LogP contribution >= 0.6 is 11.3 Å². The molecule has 5 rings (SSSR count). The van der Waals surface area contributed by atoms with Crippen LogP contribution in [0, 0.1) is 5.92 Å². The van der Waals surface area contributed by atoms with Crippen LogP contribution in [0.4, 0.5) is 0 Å². The van der Waals surface area contributed by atoms with Crippen molar-refractivity contribution in [3.63, 3.8) is 0 Å². The molecule has 0 amide bonds. The molecular weight excluding hydrogens is 395 g/mol. The van der Waals surface area contributed by atoms with E-state index in [9.17, 15) is 9.90 Å². The largest absolute Gasteiger partial charge is 1.00 e. The Morgan fingerprint density at radius 3 is 2.63 bits per heavy atom. The van der Waals surface area contributed by atoms with Crippen LogP contribution in [0.15, 0.2) is 24.4 Å². The number of rotatable bonds is 5. The zero-order chi connectivity index (χ0) is 17.4. The normalized spacial score (nSPS) is 23.2. The van der Waals surface area contributed by atoms with E-state index in [1.807, 2.05) is 12.3 Å². The molecule has 0 spiro atoms. The van der Waals surface area contributed by atoms with Crippen molar-refractivity contribution in [1.29, 1.82) is 0 Å². The summed E-state index contributed by atoms with van der Waals surface area (Å²) in [6.45, 7) is 5.34. The van der Waals surface area contributed by atoms with E-state index < -0.39 is 5.97 Å². The number of carboxylic acid groups (broad SMARTS) is 1. The molecule has 27 heavy (non-hydrogen) atoms. The minimum absolute atomic E-state index is 0. The van der Waals surface area contributed by atoms with Crippen LogP contribution in [0.1, 0.15) is 35.0 Å². The van der Waals surface area contributed by atoms with Gasteiger partial charge in [-0.05, 0) is 56.5 Å². The number of thiazole rings is 1. The van der Waals surface area contributed by atoms with Gasteiger partial charge in [-0.1, -0.05) is 6.92 Å². The van der Waals surface area contributed by atoms with Crippen molar-refractivity contribution in [2.24, 2.45) is 5.92 Å². The number of carboxylic acids is 1. The molecule has 0 aliphatic carbocycles. The SMILES string of the molecule is CCc1cnc(-c2cc(O[C@H]3CN4CCC3CC4)cc(C(=O)O)c2)s1.[Cl-].[Na+]. The molecule has 1 N–H and O–H groups in total. The third kappa shape index (κ3) is 5.05. The molecule has 3 fully saturated rings. The maximum absolute atomic E-state index is 11.5. The average Bonchev–Trinajstić information content (AvgIpc) is 3.12. The zero-order valence-corrected chi connectivity index (χ0v) is 19.2. The molecule has 140 valence electrons. The Morgan fingerprint density at radius 1 is 1.33 bits per heavy atom. The number of aromatic nitrogens is 1. The van der Waals surface area contributed by atoms with Crippen molar-refractivity contribution < 1.29 is 56.6 Å². The van der Waals surface area contributed by atoms with Gasteiger partial charge in [0.1, 0.15) is 16.9 Å². The molecule has 8 heteroatoms. The number of piperidine rings is 3. The molecule has 1 aromatic heterocycles. The van der Waals surface area contributed by atoms with Crippen molar-refractivity contribution in [1.82, 2.24) is 9.88 Å². The molecule has 2 bridgehead atoms. The predicted molar refractivity (Wildman–Crippen MR) is 97.5 cm³/mol. The Hall–Kier alpha value is -0.630. The van der Waals surface area contributed by atoms with Gasteiger partial charge in [0.2, 0.25) is 0 Å². The summed E-state index contributed by atoms with van der Waals surface area (Å²) in [4.78, 5) is 19.6. The molecule has 3 aliphatic heterocycles. The second-order valence-corrected chi connectivity index (χ2v) is 7.95. The summed E-state index contributed by atoms with van der Waals surface area (Å²) in [5.41, 5.74) is 1.07. The number of aromatic carboxylic acids is 1. The summed E-state index contributed by atoms with van der Waals surface area (Å²) >= 11 is 1.61. The number of fused-ring (bicyclic) bond motifs is 3. The van der Waals surface area contributed by atoms with Crippen molar-refractivity contribution >= 4 is 17.3 Å². The molecule has 5 nitrogen and oxygen atoms in total. The number of halogens is 1. The number of hydrogen-bond donors (Lipinski definition) is 1. The van der Waals surface area contributed by atoms with E-state index in [1.165, 1.54) is 17.7 Å². The van der Waals surface area contributed by atoms with Crippen molar-refractivity contribution in [2.75, 3.05) is 19.6 Å². The molecule has 2 aromatic rings. The van der Waals surface area contributed by atoms with Crippen molar-refractivity contribution in [3.05, 3.63) is 34.8 Å². The molecule has 0 unspecified atom stereocenters. The third-order valence-electron chi connectivity index (χ3n) is 5.19. The van der Waals surface area contributed by atoms with Crippen LogP contribution in [0.25, 0.3) is 10.6 Å². The quantitative estimate of drug-likeness (QED) is 0.548. The van der Waals surface area contributed by atoms with Crippen LogP contribution in [0.5, 0.6) is 5.75 Å². The third-order valence-corrected chi connectivity index (χ3v) is 6.38. The van der Waals surface area contributed by atoms with Crippen LogP contribution < -0.4 is 46.7 Å². The van der Waals surface area contributed by atoms with Gasteiger partial charge in [-0.15, -0.1) is 11.3 Å². The van der Waals surface area contributed by atoms with Gasteiger partial charge in [0, 0.05) is 23.2 Å². The Kier molecular flexibility index (Phi) is 8.16. The minimum Gasteiger partial charge on any atom is -1.00 e. The second kappa shape index (κ2) is 9.72. The summed E-state index contributed by atoms with van der Waals surface area (Å²) in [6.07, 6.45) is 5.29. The first-order valence-corrected chi connectivity index (χ1v) is 9.66. The van der Waals surface area contributed by atoms with E-state index in [0.29, 0.717) is 11.7 Å². The topological polar surface area (TPSA) is 62.7 Å². The smallest absolute Gasteiger partial charge is 1.00 e. The van der Waals surface area contributed by atoms with E-state index in [4.69, 9.17) is 4.74 Å². The maximum Gasteiger partial charge on any atom is 1.00 e. The van der Waals surface area contributed by atoms with Gasteiger partial charge in [-0.2, -0.15) is 0 Å². The minimum atomic E-state index is -0.937. The van der Waals surface area contributed by atoms with Crippen molar-refractivity contribution in [2.45, 2.75) is 32.3 Å². The summed E-state index contributed by atoms with van der Waals surface area (Å²) in [6, 6.07) is 5.25. The molecule has 3 aliphatic rings. The van der Waals surface area contributed by atoms with Gasteiger partial charge in [0.25, 0.3) is 0 Å². The summed E-state index contributed by atoms with van der Waals surface area (Å²) in [5.74, 6) is 0.281. The number of aryl methyl sites for hydroxylation is 1. The van der Waals surface area contributed by atoms with E-state index in [0.717, 1.165) is 36.6 Å². The van der Waals surface area contributed by atoms with Crippen LogP contribution in [0.2, 0.25) is 0 Å². The number of nitrogens with zero attached hydrogens (tertiary/aromatic N) is 2. The van der Waals surface area contributed by atoms with Crippen LogP contribution in [-0.4, -0.2) is 46.7 Å². The predicted octanol–water partition coefficient (Wildman–Crippen LogP) is -2.45. The number of benzene rings is 1. The summed E-state index contributed by atoms with van der Waals surface area (Å²) in [5, 5.41) is 10.3. The fraction of sp³-hybridized carbons (Fsp3) is 0.474. The fourth-order valence-electron chi connectivity index (χ4n) is 3.74. The second-order valence-electron chi connectivity index (χ2n) is 6.83. The van der Waals surface area contributed by atoms with Crippen LogP contribution in [-0.2, 0) is 6.42 Å². The van der Waals surface area contributed by atoms with Crippen LogP contribution in [0.3, 0.4) is 0 Å². The first kappa shape index (κ1) is 22.7. The van der Waals surface area contributed by atoms with E-state index >= 15 is 0 Å². The standard InChI is InChI=1S/C19H22N2O3S.ClH.Na/c1-2-16-10-20-18(25-16)13-7-14(19(22)23)9-15(8-13)24-17-11-21-5-3-12(17)4-6-21;;/h7-10,12,17H,2-6,11H2,1H3,(H,22,23);1H;/q;;+1/p-1/t17-;;/m0../s1. The average molecular weight is 417 g/mol. The zero-order valence-electron chi connectivity index (χ0n) is 15.7. The Labute approximate surface area is 191 Å². The number of ether oxygens (including phenoxy) is 1. The van der Waals surface area contributed by atoms with E-state index in [1.54, 1.807) is 23.5 Å². The Morgan fingerprint density at radius 2 is 2.07 bits per heavy atom. The number of carbonyl (C=O) groups is 1. The van der Waals surface area contributed by atoms with Gasteiger partial charge >= 0.3 is 35.5 Å². The first-order chi connectivity index (χ1) is 12.1. The number of hydrogen-bond acceptors (Lipinski definition) is 5. The van der Waals surface area contributed by atoms with Gasteiger partial charge in [-0.25, -0.2) is 9.78 Å². The molecule has 1 atom stereocenters. The molecular formula is C19H22ClN2NaO3S. The van der Waals surface area contributed by atoms with E-state index in [2.05, 4.69) is 16.8 Å². The van der Waals surface area contributed by atoms with Gasteiger partial charge in [-0.3, -0.25) is 4.90 Å². The van der Waals surface area contributed by atoms with Crippen molar-refractivity contribution in [3.8, 4) is 16.3 Å². The molecule has 3 saturated heterocycles. The van der Waals surface area contributed by atoms with Gasteiger partial charge in [0.15, 0.2) is 0 Å². The van der Waals surface area contributed by atoms with Gasteiger partial charge < -0.3 is 22.3 Å². The summed E-state index contributed by atoms with van der Waals surface area (Å²) < 4.78 is 6.25. The summed E-state index contributed by atoms with van der Waals surface area (Å²) in [7, 11) is 0. The van der Waals surface area contributed by atoms with Gasteiger partial charge in [0.05, 0.1) is 5.56 Å². The molecule has 1 aromatic carbocycles. The molecule has 0 saturated carbocycles. The first-order valence-electron chi connectivity index (χ1n) is 8.85. The monoisotopic (exact) mass is 416 g/mol. The molecule has 4 heterocycles. The Bertz CT molecular complexity index is 793. The molecule has 0 radical (unpaired) electrons. The maximum atomic E-state index is 11.5. The Balaban J connectivity index is 0.00000131. The van der Waals surface area contributed by atoms with E-state index in [-0.39, 0.29) is 53.6 Å². The fourth-order valence-corrected chi connectivity index (χ4v) is 4.58.